The van der Waals surface area contributed by atoms with Crippen LogP contribution >= 0.6 is 0 Å². The van der Waals surface area contributed by atoms with Gasteiger partial charge >= 0.3 is 5.69 Å². The van der Waals surface area contributed by atoms with E-state index in [0.717, 1.165) is 44.3 Å². The monoisotopic (exact) mass is 755 g/mol. The average molecular weight is 756 g/mol. The van der Waals surface area contributed by atoms with E-state index in [0.29, 0.717) is 27.8 Å². The predicted octanol–water partition coefficient (Wildman–Crippen LogP) is 11.4. The number of pyridine rings is 1. The molecule has 2 heterocycles. The lowest BCUT2D eigenvalue weighted by atomic mass is 9.70. The predicted molar refractivity (Wildman–Crippen MR) is 238 cm³/mol. The average Bonchev–Trinajstić information content (AvgIpc) is 3.76. The van der Waals surface area contributed by atoms with E-state index in [2.05, 4.69) is 115 Å². The van der Waals surface area contributed by atoms with Gasteiger partial charge in [0.2, 0.25) is 0 Å². The molecule has 0 radical (unpaired) electrons. The van der Waals surface area contributed by atoms with Crippen molar-refractivity contribution in [2.45, 2.75) is 5.41 Å². The third-order valence-corrected chi connectivity index (χ3v) is 12.4. The highest BCUT2D eigenvalue weighted by Crippen LogP contribution is 2.62. The fourth-order valence-corrected chi connectivity index (χ4v) is 9.97. The summed E-state index contributed by atoms with van der Waals surface area (Å²) in [5.74, 6) is 0. The van der Waals surface area contributed by atoms with E-state index in [1.165, 1.54) is 32.4 Å². The first-order chi connectivity index (χ1) is 29.1. The van der Waals surface area contributed by atoms with Crippen LogP contribution < -0.4 is 11.2 Å². The molecular weight excluding hydrogens is 723 g/mol. The number of aromatic nitrogens is 3. The lowest BCUT2D eigenvalue weighted by Crippen LogP contribution is -2.38. The fourth-order valence-electron chi connectivity index (χ4n) is 9.97. The largest absolute Gasteiger partial charge is 0.340 e. The van der Waals surface area contributed by atoms with Crippen molar-refractivity contribution in [2.24, 2.45) is 0 Å². The van der Waals surface area contributed by atoms with Gasteiger partial charge in [0.15, 0.2) is 0 Å². The van der Waals surface area contributed by atoms with E-state index < -0.39 is 16.7 Å². The van der Waals surface area contributed by atoms with Gasteiger partial charge in [-0.1, -0.05) is 152 Å². The first-order valence-corrected chi connectivity index (χ1v) is 19.9. The Morgan fingerprint density at radius 2 is 0.949 bits per heavy atom. The summed E-state index contributed by atoms with van der Waals surface area (Å²) < 4.78 is 3.05. The molecule has 8 aromatic carbocycles. The highest BCUT2D eigenvalue weighted by Gasteiger charge is 2.51. The molecular formula is C54H33N3O2. The van der Waals surface area contributed by atoms with Crippen LogP contribution in [-0.2, 0) is 5.41 Å². The molecule has 12 rings (SSSR count). The third-order valence-electron chi connectivity index (χ3n) is 12.4. The Kier molecular flexibility index (Phi) is 7.08. The van der Waals surface area contributed by atoms with Gasteiger partial charge in [-0.3, -0.25) is 14.3 Å². The zero-order chi connectivity index (χ0) is 39.2. The quantitative estimate of drug-likeness (QED) is 0.168. The van der Waals surface area contributed by atoms with Crippen molar-refractivity contribution in [3.63, 3.8) is 0 Å². The minimum absolute atomic E-state index is 0.379. The molecule has 2 aliphatic carbocycles. The lowest BCUT2D eigenvalue weighted by molar-refractivity contribution is 0.786. The first-order valence-electron chi connectivity index (χ1n) is 19.9. The number of fused-ring (bicyclic) bond motifs is 13. The van der Waals surface area contributed by atoms with E-state index in [9.17, 15) is 0 Å². The van der Waals surface area contributed by atoms with Crippen LogP contribution in [0.4, 0.5) is 0 Å². The molecule has 5 heteroatoms. The van der Waals surface area contributed by atoms with Crippen LogP contribution in [0.25, 0.3) is 77.7 Å². The van der Waals surface area contributed by atoms with Gasteiger partial charge in [-0.25, -0.2) is 9.36 Å². The minimum Gasteiger partial charge on any atom is -0.268 e. The Morgan fingerprint density at radius 1 is 0.407 bits per heavy atom. The van der Waals surface area contributed by atoms with Crippen LogP contribution in [0.3, 0.4) is 0 Å². The summed E-state index contributed by atoms with van der Waals surface area (Å²) in [6.45, 7) is 0. The second-order valence-electron chi connectivity index (χ2n) is 15.4. The molecule has 2 aromatic heterocycles. The van der Waals surface area contributed by atoms with E-state index in [4.69, 9.17) is 4.98 Å². The third kappa shape index (κ3) is 4.64. The van der Waals surface area contributed by atoms with E-state index >= 15 is 9.59 Å². The summed E-state index contributed by atoms with van der Waals surface area (Å²) in [6.07, 6.45) is 1.70. The van der Waals surface area contributed by atoms with Crippen LogP contribution in [0.2, 0.25) is 0 Å². The molecule has 0 amide bonds. The summed E-state index contributed by atoms with van der Waals surface area (Å²) >= 11 is 0. The molecule has 1 spiro atoms. The number of nitrogens with zero attached hydrogens (tertiary/aromatic N) is 3. The highest BCUT2D eigenvalue weighted by atomic mass is 16.2. The molecule has 0 fully saturated rings. The minimum atomic E-state index is -0.641. The number of benzene rings is 8. The topological polar surface area (TPSA) is 56.9 Å². The van der Waals surface area contributed by atoms with Crippen molar-refractivity contribution < 1.29 is 0 Å². The van der Waals surface area contributed by atoms with Crippen molar-refractivity contribution in [1.29, 1.82) is 0 Å². The van der Waals surface area contributed by atoms with Gasteiger partial charge in [0.1, 0.15) is 0 Å². The summed E-state index contributed by atoms with van der Waals surface area (Å²) in [6, 6.07) is 66.2. The maximum atomic E-state index is 15.6. The molecule has 276 valence electrons. The molecule has 59 heavy (non-hydrogen) atoms. The van der Waals surface area contributed by atoms with Gasteiger partial charge in [0, 0.05) is 11.6 Å². The van der Waals surface area contributed by atoms with Crippen molar-refractivity contribution >= 4 is 21.8 Å². The van der Waals surface area contributed by atoms with Gasteiger partial charge < -0.3 is 0 Å². The van der Waals surface area contributed by atoms with Crippen molar-refractivity contribution in [3.8, 4) is 55.9 Å². The normalized spacial score (nSPS) is 13.0. The van der Waals surface area contributed by atoms with Crippen molar-refractivity contribution in [1.82, 2.24) is 14.1 Å². The zero-order valence-corrected chi connectivity index (χ0v) is 31.7. The molecule has 0 N–H and O–H groups in total. The van der Waals surface area contributed by atoms with Crippen molar-refractivity contribution in [3.05, 3.63) is 243 Å². The molecule has 2 aliphatic rings. The zero-order valence-electron chi connectivity index (χ0n) is 31.7. The molecule has 10 aromatic rings. The smallest absolute Gasteiger partial charge is 0.268 e. The fraction of sp³-hybridized carbons (Fsp3) is 0.0185. The molecule has 0 saturated carbocycles. The molecule has 0 atom stereocenters. The number of rotatable bonds is 4. The SMILES string of the molecule is O=c1c2c3ncccc3ccc2n(-c2cc(-c3ccccc3)cc(-c3ccccc3)c2)c(=O)n1-c1ccc2c(c1)C1(c3ccccc3-c3ccccc31)c1ccccc1-2. The van der Waals surface area contributed by atoms with Gasteiger partial charge in [-0.2, -0.15) is 0 Å². The lowest BCUT2D eigenvalue weighted by Gasteiger charge is -2.30. The molecule has 0 saturated heterocycles. The second kappa shape index (κ2) is 12.6. The number of hydrogen-bond donors (Lipinski definition) is 0. The second-order valence-corrected chi connectivity index (χ2v) is 15.4. The Labute approximate surface area is 339 Å². The Balaban J connectivity index is 1.19. The first kappa shape index (κ1) is 33.3. The Hall–Kier alpha value is -7.89. The summed E-state index contributed by atoms with van der Waals surface area (Å²) in [5.41, 5.74) is 13.8. The highest BCUT2D eigenvalue weighted by molar-refractivity contribution is 6.04. The summed E-state index contributed by atoms with van der Waals surface area (Å²) in [7, 11) is 0. The van der Waals surface area contributed by atoms with E-state index in [-0.39, 0.29) is 0 Å². The van der Waals surface area contributed by atoms with Gasteiger partial charge in [0.25, 0.3) is 5.56 Å². The summed E-state index contributed by atoms with van der Waals surface area (Å²) in [5, 5.41) is 1.20. The van der Waals surface area contributed by atoms with E-state index in [1.807, 2.05) is 78.9 Å². The standard InChI is InChI=1S/C54H33N3O2/c58-52-50-49(28-25-36-18-13-29-55-51(36)50)56(40-31-37(34-14-3-1-4-15-34)30-38(32-40)35-16-5-2-6-17-35)53(59)57(52)39-26-27-44-43-21-9-12-24-47(43)54(48(44)33-39)45-22-10-7-19-41(45)42-20-8-11-23-46(42)54/h1-33H. The van der Waals surface area contributed by atoms with Crippen LogP contribution in [-0.4, -0.2) is 14.1 Å². The number of hydrogen-bond acceptors (Lipinski definition) is 3. The van der Waals surface area contributed by atoms with Gasteiger partial charge in [0.05, 0.1) is 33.2 Å². The molecule has 0 bridgehead atoms. The van der Waals surface area contributed by atoms with Crippen molar-refractivity contribution in [2.75, 3.05) is 0 Å². The van der Waals surface area contributed by atoms with Gasteiger partial charge in [-0.05, 0) is 109 Å². The van der Waals surface area contributed by atoms with Gasteiger partial charge in [-0.15, -0.1) is 0 Å². The van der Waals surface area contributed by atoms with Crippen LogP contribution in [0, 0.1) is 0 Å². The maximum absolute atomic E-state index is 15.6. The van der Waals surface area contributed by atoms with Crippen LogP contribution in [0.1, 0.15) is 22.3 Å². The van der Waals surface area contributed by atoms with Crippen LogP contribution in [0.15, 0.2) is 210 Å². The maximum Gasteiger partial charge on any atom is 0.340 e. The molecule has 5 nitrogen and oxygen atoms in total. The molecule has 0 unspecified atom stereocenters. The summed E-state index contributed by atoms with van der Waals surface area (Å²) in [4.78, 5) is 35.6. The molecule has 0 aliphatic heterocycles. The Morgan fingerprint density at radius 3 is 1.54 bits per heavy atom. The van der Waals surface area contributed by atoms with E-state index in [1.54, 1.807) is 10.8 Å². The Bertz CT molecular complexity index is 3370. The van der Waals surface area contributed by atoms with Crippen LogP contribution in [0.5, 0.6) is 0 Å².